The van der Waals surface area contributed by atoms with E-state index < -0.39 is 0 Å². The van der Waals surface area contributed by atoms with Gasteiger partial charge in [-0.05, 0) is 90.1 Å². The molecule has 0 bridgehead atoms. The maximum Gasteiger partial charge on any atom is 0.235 e. The lowest BCUT2D eigenvalue weighted by Gasteiger charge is -2.12. The predicted octanol–water partition coefficient (Wildman–Crippen LogP) is 20.8. The van der Waals surface area contributed by atoms with Gasteiger partial charge in [0.15, 0.2) is 4.73 Å². The van der Waals surface area contributed by atoms with Crippen molar-refractivity contribution < 1.29 is 0 Å². The summed E-state index contributed by atoms with van der Waals surface area (Å²) in [5, 5.41) is 15.4. The van der Waals surface area contributed by atoms with Gasteiger partial charge in [-0.3, -0.25) is 4.57 Å². The number of hydrogen-bond donors (Lipinski definition) is 0. The normalized spacial score (nSPS) is 12.0. The molecule has 0 spiro atoms. The minimum atomic E-state index is 0.620. The summed E-state index contributed by atoms with van der Waals surface area (Å²) in [7, 11) is 0. The first-order valence-corrected chi connectivity index (χ1v) is 29.5. The molecule has 0 atom stereocenters. The van der Waals surface area contributed by atoms with Crippen molar-refractivity contribution in [1.29, 1.82) is 0 Å². The van der Waals surface area contributed by atoms with Gasteiger partial charge in [-0.25, -0.2) is 19.9 Å². The van der Waals surface area contributed by atoms with Crippen LogP contribution in [0.2, 0.25) is 0 Å². The third-order valence-corrected chi connectivity index (χ3v) is 18.7. The second-order valence-corrected chi connectivity index (χ2v) is 23.3. The highest BCUT2D eigenvalue weighted by atomic mass is 79.9. The fourth-order valence-electron chi connectivity index (χ4n) is 12.5. The zero-order valence-corrected chi connectivity index (χ0v) is 46.6. The van der Waals surface area contributed by atoms with Crippen molar-refractivity contribution >= 4 is 144 Å². The van der Waals surface area contributed by atoms with Crippen LogP contribution in [0.25, 0.3) is 145 Å². The van der Waals surface area contributed by atoms with E-state index >= 15 is 0 Å². The number of thiophene rings is 2. The quantitative estimate of drug-likeness (QED) is 0.165. The lowest BCUT2D eigenvalue weighted by atomic mass is 9.94. The molecule has 0 N–H and O–H groups in total. The minimum absolute atomic E-state index is 0.620. The largest absolute Gasteiger partial charge is 0.276 e. The van der Waals surface area contributed by atoms with E-state index in [1.807, 2.05) is 71.2 Å². The Morgan fingerprint density at radius 1 is 0.358 bits per heavy atom. The molecule has 1 aliphatic carbocycles. The van der Waals surface area contributed by atoms with Gasteiger partial charge in [0, 0.05) is 74.7 Å². The summed E-state index contributed by atoms with van der Waals surface area (Å²) in [5.41, 5.74) is 14.1. The molecule has 8 heteroatoms. The summed E-state index contributed by atoms with van der Waals surface area (Å²) in [4.78, 5) is 19.4. The Morgan fingerprint density at radius 3 is 1.47 bits per heavy atom. The second kappa shape index (κ2) is 19.4. The molecule has 81 heavy (non-hydrogen) atoms. The molecule has 5 aromatic heterocycles. The molecular formula is C73H44BrN5S2. The van der Waals surface area contributed by atoms with Crippen molar-refractivity contribution in [2.75, 3.05) is 0 Å². The molecule has 0 unspecified atom stereocenters. The molecule has 380 valence electrons. The monoisotopic (exact) mass is 1130 g/mol. The highest BCUT2D eigenvalue weighted by Crippen LogP contribution is 2.51. The molecule has 5 nitrogen and oxygen atoms in total. The van der Waals surface area contributed by atoms with Crippen LogP contribution in [0.4, 0.5) is 0 Å². The first-order valence-electron chi connectivity index (χ1n) is 27.1. The zero-order chi connectivity index (χ0) is 53.5. The first kappa shape index (κ1) is 47.6. The Bertz CT molecular complexity index is 5360. The third kappa shape index (κ3) is 7.77. The summed E-state index contributed by atoms with van der Waals surface area (Å²) in [5.74, 6) is 0.692. The Morgan fingerprint density at radius 2 is 0.815 bits per heavy atom. The predicted molar refractivity (Wildman–Crippen MR) is 347 cm³/mol. The van der Waals surface area contributed by atoms with Crippen LogP contribution in [0.3, 0.4) is 0 Å². The van der Waals surface area contributed by atoms with Gasteiger partial charge < -0.3 is 0 Å². The van der Waals surface area contributed by atoms with E-state index in [1.165, 1.54) is 100 Å². The van der Waals surface area contributed by atoms with Crippen LogP contribution < -0.4 is 0 Å². The number of hydrogen-bond acceptors (Lipinski definition) is 6. The fraction of sp³-hybridized carbons (Fsp3) is 0.0137. The molecule has 0 fully saturated rings. The molecule has 0 aliphatic heterocycles. The van der Waals surface area contributed by atoms with E-state index in [1.54, 1.807) is 0 Å². The number of benzene rings is 12. The molecule has 5 heterocycles. The highest BCUT2D eigenvalue weighted by Gasteiger charge is 2.27. The van der Waals surface area contributed by atoms with E-state index in [9.17, 15) is 0 Å². The Kier molecular flexibility index (Phi) is 11.4. The Labute approximate surface area is 481 Å². The topological polar surface area (TPSA) is 56.5 Å². The highest BCUT2D eigenvalue weighted by molar-refractivity contribution is 9.10. The molecule has 0 saturated carbocycles. The van der Waals surface area contributed by atoms with Gasteiger partial charge in [-0.1, -0.05) is 224 Å². The number of fused-ring (bicyclic) bond motifs is 22. The zero-order valence-electron chi connectivity index (χ0n) is 43.4. The van der Waals surface area contributed by atoms with E-state index in [0.717, 1.165) is 56.3 Å². The average molecular weight is 1140 g/mol. The summed E-state index contributed by atoms with van der Waals surface area (Å²) < 4.78 is 8.34. The molecule has 0 radical (unpaired) electrons. The first-order chi connectivity index (χ1) is 40.1. The van der Waals surface area contributed by atoms with Crippen LogP contribution >= 0.6 is 38.6 Å². The van der Waals surface area contributed by atoms with Crippen molar-refractivity contribution in [1.82, 2.24) is 24.5 Å². The van der Waals surface area contributed by atoms with Crippen LogP contribution in [-0.2, 0) is 6.42 Å². The molecule has 0 saturated heterocycles. The second-order valence-electron chi connectivity index (χ2n) is 20.4. The van der Waals surface area contributed by atoms with Gasteiger partial charge in [-0.2, -0.15) is 0 Å². The van der Waals surface area contributed by atoms with E-state index in [0.29, 0.717) is 10.7 Å². The number of halogens is 1. The molecule has 18 rings (SSSR count). The van der Waals surface area contributed by atoms with Crippen molar-refractivity contribution in [3.05, 3.63) is 271 Å². The van der Waals surface area contributed by atoms with Crippen molar-refractivity contribution in [3.8, 4) is 39.6 Å². The van der Waals surface area contributed by atoms with Crippen LogP contribution in [0.15, 0.2) is 260 Å². The van der Waals surface area contributed by atoms with Crippen molar-refractivity contribution in [2.24, 2.45) is 0 Å². The van der Waals surface area contributed by atoms with Gasteiger partial charge in [0.25, 0.3) is 0 Å². The summed E-state index contributed by atoms with van der Waals surface area (Å²) in [6, 6.07) is 89.8. The van der Waals surface area contributed by atoms with E-state index in [-0.39, 0.29) is 0 Å². The van der Waals surface area contributed by atoms with Crippen LogP contribution in [-0.4, -0.2) is 24.5 Å². The lowest BCUT2D eigenvalue weighted by molar-refractivity contribution is 1.02. The van der Waals surface area contributed by atoms with Gasteiger partial charge in [-0.15, -0.1) is 22.7 Å². The maximum atomic E-state index is 5.31. The molecular weight excluding hydrogens is 1090 g/mol. The van der Waals surface area contributed by atoms with Crippen molar-refractivity contribution in [3.63, 3.8) is 0 Å². The summed E-state index contributed by atoms with van der Waals surface area (Å²) in [6.45, 7) is 0. The maximum absolute atomic E-state index is 5.31. The standard InChI is InChI=1S/C36H21N3S.C23H14S.C14H9BrN2/c1-2-12-22(13-3-1)33-25-16-6-9-19-28(25)37-36(38-33)39-29-20-10-7-17-26(29)31-23-14-4-5-15-24(23)32-27-18-8-11-21-30(27)40-35(32)34(31)39;1-2-8-15-14(7-1)13-19-21(15)16-9-3-4-10-17(16)22-18-11-5-6-12-20(18)24-23(19)22;15-14-16-12-9-5-4-8-11(12)13(17-14)10-6-2-1-3-7-10/h1-21H;1-12H,13H2;1-9H. The number of para-hydroxylation sites is 3. The van der Waals surface area contributed by atoms with Gasteiger partial charge in [0.1, 0.15) is 0 Å². The van der Waals surface area contributed by atoms with Gasteiger partial charge >= 0.3 is 0 Å². The van der Waals surface area contributed by atoms with Gasteiger partial charge in [0.2, 0.25) is 5.95 Å². The fourth-order valence-corrected chi connectivity index (χ4v) is 15.4. The number of rotatable bonds is 3. The minimum Gasteiger partial charge on any atom is -0.276 e. The Hall–Kier alpha value is -9.44. The number of aromatic nitrogens is 5. The number of nitrogens with zero attached hydrogens (tertiary/aromatic N) is 5. The summed E-state index contributed by atoms with van der Waals surface area (Å²) in [6.07, 6.45) is 1.06. The van der Waals surface area contributed by atoms with Crippen molar-refractivity contribution in [2.45, 2.75) is 6.42 Å². The van der Waals surface area contributed by atoms with E-state index in [4.69, 9.17) is 9.97 Å². The van der Waals surface area contributed by atoms with E-state index in [2.05, 4.69) is 237 Å². The average Bonchev–Trinajstić information content (AvgIpc) is 4.50. The summed E-state index contributed by atoms with van der Waals surface area (Å²) >= 11 is 7.17. The smallest absolute Gasteiger partial charge is 0.235 e. The SMILES string of the molecule is Brc1nc(-c2ccccc2)c2ccccc2n1.c1ccc(-c2nc(-n3c4ccccc4c4c5ccccc5c5c6ccccc6sc5c43)nc3ccccc23)cc1.c1ccc2c(c1)Cc1c-2c2ccccc2c2c1sc1ccccc12. The van der Waals surface area contributed by atoms with Crippen LogP contribution in [0.1, 0.15) is 11.1 Å². The third-order valence-electron chi connectivity index (χ3n) is 15.9. The Balaban J connectivity index is 0.000000112. The molecule has 12 aromatic carbocycles. The molecule has 1 aliphatic rings. The van der Waals surface area contributed by atoms with Gasteiger partial charge in [0.05, 0.1) is 38.2 Å². The molecule has 17 aromatic rings. The molecule has 0 amide bonds. The van der Waals surface area contributed by atoms with Crippen LogP contribution in [0.5, 0.6) is 0 Å². The van der Waals surface area contributed by atoms with Crippen LogP contribution in [0, 0.1) is 0 Å². The lowest BCUT2D eigenvalue weighted by Crippen LogP contribution is -2.03.